The SMILES string of the molecule is CCNC(=O)Nc1cc2c(-c3ccnc(C)c3)ccc(CNC(=O)OC)c2cn1. The van der Waals surface area contributed by atoms with E-state index >= 15 is 0 Å². The third-order valence-corrected chi connectivity index (χ3v) is 4.39. The van der Waals surface area contributed by atoms with Crippen LogP contribution in [0.25, 0.3) is 21.9 Å². The number of hydrogen-bond acceptors (Lipinski definition) is 5. The Hall–Kier alpha value is -3.68. The molecule has 3 rings (SSSR count). The molecule has 0 saturated carbocycles. The normalized spacial score (nSPS) is 10.4. The average Bonchev–Trinajstić information content (AvgIpc) is 2.71. The summed E-state index contributed by atoms with van der Waals surface area (Å²) in [6.07, 6.45) is 2.95. The number of fused-ring (bicyclic) bond motifs is 1. The zero-order valence-electron chi connectivity index (χ0n) is 16.6. The molecule has 0 atom stereocenters. The van der Waals surface area contributed by atoms with Gasteiger partial charge >= 0.3 is 12.1 Å². The van der Waals surface area contributed by atoms with Crippen LogP contribution in [0.15, 0.2) is 42.7 Å². The lowest BCUT2D eigenvalue weighted by Gasteiger charge is -2.14. The summed E-state index contributed by atoms with van der Waals surface area (Å²) in [5, 5.41) is 9.90. The van der Waals surface area contributed by atoms with Gasteiger partial charge in [0.25, 0.3) is 0 Å². The molecule has 0 fully saturated rings. The fraction of sp³-hybridized carbons (Fsp3) is 0.238. The molecule has 0 aliphatic heterocycles. The van der Waals surface area contributed by atoms with E-state index in [2.05, 4.69) is 30.7 Å². The number of aryl methyl sites for hydroxylation is 1. The Labute approximate surface area is 168 Å². The first-order chi connectivity index (χ1) is 14.0. The van der Waals surface area contributed by atoms with Crippen molar-refractivity contribution < 1.29 is 14.3 Å². The Balaban J connectivity index is 2.08. The van der Waals surface area contributed by atoms with Gasteiger partial charge in [0.2, 0.25) is 0 Å². The van der Waals surface area contributed by atoms with Crippen LogP contribution in [-0.4, -0.2) is 35.7 Å². The number of rotatable bonds is 5. The zero-order valence-corrected chi connectivity index (χ0v) is 16.6. The number of methoxy groups -OCH3 is 1. The first-order valence-electron chi connectivity index (χ1n) is 9.23. The molecule has 0 spiro atoms. The van der Waals surface area contributed by atoms with Crippen molar-refractivity contribution in [3.8, 4) is 11.1 Å². The van der Waals surface area contributed by atoms with Gasteiger partial charge in [-0.3, -0.25) is 10.3 Å². The number of pyridine rings is 2. The van der Waals surface area contributed by atoms with E-state index in [0.717, 1.165) is 33.2 Å². The van der Waals surface area contributed by atoms with Crippen molar-refractivity contribution in [2.75, 3.05) is 19.0 Å². The number of alkyl carbamates (subject to hydrolysis) is 1. The molecule has 0 unspecified atom stereocenters. The molecule has 2 aromatic heterocycles. The number of urea groups is 1. The molecule has 150 valence electrons. The molecule has 0 bridgehead atoms. The van der Waals surface area contributed by atoms with Crippen LogP contribution in [0.5, 0.6) is 0 Å². The molecule has 0 aliphatic carbocycles. The van der Waals surface area contributed by atoms with Crippen molar-refractivity contribution in [1.82, 2.24) is 20.6 Å². The number of aromatic nitrogens is 2. The summed E-state index contributed by atoms with van der Waals surface area (Å²) < 4.78 is 4.65. The summed E-state index contributed by atoms with van der Waals surface area (Å²) in [6.45, 7) is 4.59. The zero-order chi connectivity index (χ0) is 20.8. The van der Waals surface area contributed by atoms with Crippen molar-refractivity contribution >= 4 is 28.7 Å². The smallest absolute Gasteiger partial charge is 0.407 e. The number of anilines is 1. The van der Waals surface area contributed by atoms with Crippen LogP contribution in [-0.2, 0) is 11.3 Å². The van der Waals surface area contributed by atoms with E-state index in [4.69, 9.17) is 0 Å². The molecule has 0 saturated heterocycles. The first kappa shape index (κ1) is 20.1. The van der Waals surface area contributed by atoms with Gasteiger partial charge in [0, 0.05) is 36.6 Å². The molecular weight excluding hydrogens is 370 g/mol. The molecule has 0 aliphatic rings. The van der Waals surface area contributed by atoms with Crippen molar-refractivity contribution in [3.63, 3.8) is 0 Å². The van der Waals surface area contributed by atoms with Crippen LogP contribution in [0.3, 0.4) is 0 Å². The quantitative estimate of drug-likeness (QED) is 0.614. The van der Waals surface area contributed by atoms with Gasteiger partial charge in [-0.1, -0.05) is 12.1 Å². The third-order valence-electron chi connectivity index (χ3n) is 4.39. The maximum Gasteiger partial charge on any atom is 0.407 e. The Morgan fingerprint density at radius 3 is 2.62 bits per heavy atom. The molecular formula is C21H23N5O3. The van der Waals surface area contributed by atoms with Crippen molar-refractivity contribution in [1.29, 1.82) is 0 Å². The van der Waals surface area contributed by atoms with Gasteiger partial charge in [-0.25, -0.2) is 14.6 Å². The van der Waals surface area contributed by atoms with Gasteiger partial charge in [-0.2, -0.15) is 0 Å². The number of carbonyl (C=O) groups excluding carboxylic acids is 2. The second kappa shape index (κ2) is 9.01. The summed E-state index contributed by atoms with van der Waals surface area (Å²) in [5.74, 6) is 0.438. The molecule has 8 heteroatoms. The number of benzene rings is 1. The van der Waals surface area contributed by atoms with E-state index in [0.29, 0.717) is 18.9 Å². The van der Waals surface area contributed by atoms with Gasteiger partial charge in [-0.05, 0) is 54.1 Å². The van der Waals surface area contributed by atoms with Gasteiger partial charge < -0.3 is 15.4 Å². The second-order valence-electron chi connectivity index (χ2n) is 6.40. The first-order valence-corrected chi connectivity index (χ1v) is 9.23. The Kier molecular flexibility index (Phi) is 6.23. The maximum absolute atomic E-state index is 11.9. The number of nitrogens with zero attached hydrogens (tertiary/aromatic N) is 2. The van der Waals surface area contributed by atoms with Crippen LogP contribution in [0.1, 0.15) is 18.2 Å². The number of amides is 3. The molecule has 0 radical (unpaired) electrons. The van der Waals surface area contributed by atoms with E-state index in [9.17, 15) is 9.59 Å². The standard InChI is InChI=1S/C21H23N5O3/c1-4-22-20(27)26-19-10-17-16(14-7-8-23-13(2)9-14)6-5-15(18(17)12-24-19)11-25-21(28)29-3/h5-10,12H,4,11H2,1-3H3,(H,25,28)(H2,22,24,26,27). The van der Waals surface area contributed by atoms with E-state index in [1.165, 1.54) is 7.11 Å². The molecule has 1 aromatic carbocycles. The Morgan fingerprint density at radius 1 is 1.07 bits per heavy atom. The Bertz CT molecular complexity index is 1050. The minimum absolute atomic E-state index is 0.295. The summed E-state index contributed by atoms with van der Waals surface area (Å²) in [7, 11) is 1.32. The molecule has 3 N–H and O–H groups in total. The number of carbonyl (C=O) groups is 2. The van der Waals surface area contributed by atoms with Crippen LogP contribution >= 0.6 is 0 Å². The van der Waals surface area contributed by atoms with Crippen molar-refractivity contribution in [2.45, 2.75) is 20.4 Å². The minimum Gasteiger partial charge on any atom is -0.453 e. The summed E-state index contributed by atoms with van der Waals surface area (Å²) in [5.41, 5.74) is 3.78. The maximum atomic E-state index is 11.9. The second-order valence-corrected chi connectivity index (χ2v) is 6.40. The highest BCUT2D eigenvalue weighted by molar-refractivity contribution is 6.01. The van der Waals surface area contributed by atoms with E-state index < -0.39 is 6.09 Å². The van der Waals surface area contributed by atoms with E-state index in [-0.39, 0.29) is 6.03 Å². The molecule has 3 amide bonds. The summed E-state index contributed by atoms with van der Waals surface area (Å²) in [6, 6.07) is 9.38. The lowest BCUT2D eigenvalue weighted by atomic mass is 9.96. The topological polar surface area (TPSA) is 105 Å². The predicted molar refractivity (Wildman–Crippen MR) is 112 cm³/mol. The fourth-order valence-corrected chi connectivity index (χ4v) is 3.05. The average molecular weight is 393 g/mol. The highest BCUT2D eigenvalue weighted by atomic mass is 16.5. The minimum atomic E-state index is -0.505. The number of nitrogens with one attached hydrogen (secondary N) is 3. The lowest BCUT2D eigenvalue weighted by molar-refractivity contribution is 0.170. The van der Waals surface area contributed by atoms with Crippen molar-refractivity contribution in [3.05, 3.63) is 54.0 Å². The molecule has 2 heterocycles. The van der Waals surface area contributed by atoms with Crippen LogP contribution in [0.2, 0.25) is 0 Å². The monoisotopic (exact) mass is 393 g/mol. The highest BCUT2D eigenvalue weighted by Crippen LogP contribution is 2.32. The van der Waals surface area contributed by atoms with Gasteiger partial charge in [-0.15, -0.1) is 0 Å². The lowest BCUT2D eigenvalue weighted by Crippen LogP contribution is -2.28. The van der Waals surface area contributed by atoms with Gasteiger partial charge in [0.1, 0.15) is 5.82 Å². The fourth-order valence-electron chi connectivity index (χ4n) is 3.05. The molecule has 29 heavy (non-hydrogen) atoms. The predicted octanol–water partition coefficient (Wildman–Crippen LogP) is 3.60. The van der Waals surface area contributed by atoms with Crippen LogP contribution < -0.4 is 16.0 Å². The van der Waals surface area contributed by atoms with Crippen LogP contribution in [0.4, 0.5) is 15.4 Å². The van der Waals surface area contributed by atoms with E-state index in [1.54, 1.807) is 12.4 Å². The molecule has 8 nitrogen and oxygen atoms in total. The highest BCUT2D eigenvalue weighted by Gasteiger charge is 2.12. The largest absolute Gasteiger partial charge is 0.453 e. The summed E-state index contributed by atoms with van der Waals surface area (Å²) in [4.78, 5) is 32.0. The third kappa shape index (κ3) is 4.78. The molecule has 3 aromatic rings. The number of ether oxygens (including phenoxy) is 1. The van der Waals surface area contributed by atoms with Gasteiger partial charge in [0.05, 0.1) is 7.11 Å². The number of hydrogen-bond donors (Lipinski definition) is 3. The Morgan fingerprint density at radius 2 is 1.90 bits per heavy atom. The van der Waals surface area contributed by atoms with Crippen LogP contribution in [0, 0.1) is 6.92 Å². The van der Waals surface area contributed by atoms with E-state index in [1.807, 2.05) is 44.2 Å². The van der Waals surface area contributed by atoms with Crippen molar-refractivity contribution in [2.24, 2.45) is 0 Å². The summed E-state index contributed by atoms with van der Waals surface area (Å²) >= 11 is 0. The van der Waals surface area contributed by atoms with Gasteiger partial charge in [0.15, 0.2) is 0 Å².